The Morgan fingerprint density at radius 2 is 2.31 bits per heavy atom. The average molecular weight is 237 g/mol. The third-order valence-corrected chi connectivity index (χ3v) is 2.77. The Morgan fingerprint density at radius 1 is 1.50 bits per heavy atom. The highest BCUT2D eigenvalue weighted by Crippen LogP contribution is 2.10. The van der Waals surface area contributed by atoms with E-state index in [9.17, 15) is 9.59 Å². The molecule has 0 saturated carbocycles. The summed E-state index contributed by atoms with van der Waals surface area (Å²) in [5.41, 5.74) is -0.168. The van der Waals surface area contributed by atoms with E-state index in [4.69, 9.17) is 5.11 Å². The minimum Gasteiger partial charge on any atom is -0.476 e. The van der Waals surface area contributed by atoms with Gasteiger partial charge in [-0.05, 0) is 11.4 Å². The van der Waals surface area contributed by atoms with Crippen molar-refractivity contribution >= 4 is 23.1 Å². The fourth-order valence-electron chi connectivity index (χ4n) is 1.14. The van der Waals surface area contributed by atoms with Crippen molar-refractivity contribution in [2.75, 3.05) is 0 Å². The molecule has 0 saturated heterocycles. The Hall–Kier alpha value is -2.02. The average Bonchev–Trinajstić information content (AvgIpc) is 2.87. The van der Waals surface area contributed by atoms with Crippen molar-refractivity contribution in [3.63, 3.8) is 0 Å². The molecule has 0 aliphatic carbocycles. The number of carbonyl (C=O) groups is 2. The minimum absolute atomic E-state index is 0.000787. The second kappa shape index (κ2) is 4.23. The largest absolute Gasteiger partial charge is 0.476 e. The third kappa shape index (κ3) is 2.14. The Labute approximate surface area is 94.1 Å². The molecule has 0 atom stereocenters. The maximum atomic E-state index is 11.6. The summed E-state index contributed by atoms with van der Waals surface area (Å²) < 4.78 is 1.21. The molecule has 2 rings (SSSR count). The number of carboxylic acids is 1. The van der Waals surface area contributed by atoms with Gasteiger partial charge in [-0.3, -0.25) is 4.79 Å². The third-order valence-electron chi connectivity index (χ3n) is 1.86. The highest BCUT2D eigenvalue weighted by Gasteiger charge is 2.12. The van der Waals surface area contributed by atoms with Gasteiger partial charge in [-0.25, -0.2) is 9.48 Å². The van der Waals surface area contributed by atoms with Crippen LogP contribution in [-0.4, -0.2) is 31.9 Å². The maximum absolute atomic E-state index is 11.6. The van der Waals surface area contributed by atoms with Gasteiger partial charge in [0, 0.05) is 0 Å². The van der Waals surface area contributed by atoms with Gasteiger partial charge in [0.15, 0.2) is 11.5 Å². The molecule has 16 heavy (non-hydrogen) atoms. The molecule has 0 aromatic carbocycles. The van der Waals surface area contributed by atoms with Crippen LogP contribution in [0.15, 0.2) is 23.7 Å². The van der Waals surface area contributed by atoms with Crippen molar-refractivity contribution in [2.24, 2.45) is 0 Å². The molecule has 0 aliphatic rings. The predicted molar refractivity (Wildman–Crippen MR) is 55.6 cm³/mol. The highest BCUT2D eigenvalue weighted by molar-refractivity contribution is 7.12. The zero-order valence-corrected chi connectivity index (χ0v) is 8.85. The number of carboxylic acid groups (broad SMARTS) is 1. The Kier molecular flexibility index (Phi) is 2.78. The summed E-state index contributed by atoms with van der Waals surface area (Å²) in [5.74, 6) is -1.27. The van der Waals surface area contributed by atoms with Crippen LogP contribution in [-0.2, 0) is 6.54 Å². The number of aromatic carboxylic acids is 1. The van der Waals surface area contributed by atoms with Crippen LogP contribution >= 0.6 is 11.3 Å². The van der Waals surface area contributed by atoms with Crippen LogP contribution in [0.3, 0.4) is 0 Å². The molecule has 1 N–H and O–H groups in total. The zero-order chi connectivity index (χ0) is 11.5. The van der Waals surface area contributed by atoms with E-state index in [0.717, 1.165) is 0 Å². The summed E-state index contributed by atoms with van der Waals surface area (Å²) in [4.78, 5) is 22.8. The number of ketones is 1. The minimum atomic E-state index is -1.16. The number of rotatable bonds is 4. The smallest absolute Gasteiger partial charge is 0.358 e. The van der Waals surface area contributed by atoms with Gasteiger partial charge in [-0.1, -0.05) is 11.3 Å². The molecule has 0 fully saturated rings. The normalized spacial score (nSPS) is 10.2. The molecular weight excluding hydrogens is 230 g/mol. The van der Waals surface area contributed by atoms with Crippen LogP contribution in [0.2, 0.25) is 0 Å². The van der Waals surface area contributed by atoms with Crippen LogP contribution in [0.5, 0.6) is 0 Å². The molecule has 2 heterocycles. The van der Waals surface area contributed by atoms with Crippen molar-refractivity contribution in [1.29, 1.82) is 0 Å². The van der Waals surface area contributed by atoms with Gasteiger partial charge in [-0.15, -0.1) is 16.4 Å². The van der Waals surface area contributed by atoms with Gasteiger partial charge in [-0.2, -0.15) is 0 Å². The summed E-state index contributed by atoms with van der Waals surface area (Å²) in [6.07, 6.45) is 1.23. The first-order valence-corrected chi connectivity index (χ1v) is 5.25. The highest BCUT2D eigenvalue weighted by atomic mass is 32.1. The van der Waals surface area contributed by atoms with E-state index < -0.39 is 5.97 Å². The van der Waals surface area contributed by atoms with Crippen molar-refractivity contribution in [3.05, 3.63) is 34.3 Å². The number of nitrogens with zero attached hydrogens (tertiary/aromatic N) is 3. The number of carbonyl (C=O) groups excluding carboxylic acids is 1. The van der Waals surface area contributed by atoms with Gasteiger partial charge >= 0.3 is 5.97 Å². The number of hydrogen-bond acceptors (Lipinski definition) is 5. The summed E-state index contributed by atoms with van der Waals surface area (Å²) in [7, 11) is 0. The van der Waals surface area contributed by atoms with E-state index in [1.165, 1.54) is 22.2 Å². The second-order valence-electron chi connectivity index (χ2n) is 3.01. The van der Waals surface area contributed by atoms with Gasteiger partial charge in [0.05, 0.1) is 11.1 Å². The van der Waals surface area contributed by atoms with Crippen LogP contribution in [0, 0.1) is 0 Å². The molecule has 2 aromatic heterocycles. The van der Waals surface area contributed by atoms with E-state index in [-0.39, 0.29) is 18.0 Å². The quantitative estimate of drug-likeness (QED) is 0.799. The fraction of sp³-hybridized carbons (Fsp3) is 0.111. The number of hydrogen-bond donors (Lipinski definition) is 1. The lowest BCUT2D eigenvalue weighted by Gasteiger charge is -1.96. The van der Waals surface area contributed by atoms with Crippen LogP contribution in [0.25, 0.3) is 0 Å². The van der Waals surface area contributed by atoms with Crippen molar-refractivity contribution in [2.45, 2.75) is 6.54 Å². The van der Waals surface area contributed by atoms with Crippen LogP contribution in [0.1, 0.15) is 20.2 Å². The van der Waals surface area contributed by atoms with E-state index in [1.807, 2.05) is 0 Å². The first-order chi connectivity index (χ1) is 7.66. The standard InChI is InChI=1S/C9H7N3O3S/c13-7(8-2-1-3-16-8)5-12-4-6(9(14)15)10-11-12/h1-4H,5H2,(H,14,15). The monoisotopic (exact) mass is 237 g/mol. The van der Waals surface area contributed by atoms with Crippen LogP contribution < -0.4 is 0 Å². The van der Waals surface area contributed by atoms with Gasteiger partial charge in [0.1, 0.15) is 6.54 Å². The number of aromatic nitrogens is 3. The number of thiophene rings is 1. The molecule has 0 bridgehead atoms. The topological polar surface area (TPSA) is 85.1 Å². The van der Waals surface area contributed by atoms with Gasteiger partial charge in [0.2, 0.25) is 0 Å². The van der Waals surface area contributed by atoms with Crippen LogP contribution in [0.4, 0.5) is 0 Å². The molecule has 0 unspecified atom stereocenters. The van der Waals surface area contributed by atoms with E-state index in [1.54, 1.807) is 17.5 Å². The summed E-state index contributed by atoms with van der Waals surface area (Å²) in [5, 5.41) is 17.4. The lowest BCUT2D eigenvalue weighted by molar-refractivity contribution is 0.0690. The molecule has 82 valence electrons. The SMILES string of the molecule is O=C(O)c1cn(CC(=O)c2cccs2)nn1. The van der Waals surface area contributed by atoms with E-state index in [2.05, 4.69) is 10.3 Å². The first-order valence-electron chi connectivity index (χ1n) is 4.37. The predicted octanol–water partition coefficient (Wildman–Crippen LogP) is 0.921. The molecular formula is C9H7N3O3S. The molecule has 6 nitrogen and oxygen atoms in total. The molecule has 0 spiro atoms. The molecule has 0 radical (unpaired) electrons. The van der Waals surface area contributed by atoms with Crippen molar-refractivity contribution in [3.8, 4) is 0 Å². The lowest BCUT2D eigenvalue weighted by Crippen LogP contribution is -2.09. The Bertz CT molecular complexity index is 518. The lowest BCUT2D eigenvalue weighted by atomic mass is 10.3. The maximum Gasteiger partial charge on any atom is 0.358 e. The number of Topliss-reactive ketones (excluding diaryl/α,β-unsaturated/α-hetero) is 1. The summed E-state index contributed by atoms with van der Waals surface area (Å²) >= 11 is 1.34. The molecule has 0 amide bonds. The zero-order valence-electron chi connectivity index (χ0n) is 8.03. The first kappa shape index (κ1) is 10.5. The Morgan fingerprint density at radius 3 is 2.88 bits per heavy atom. The summed E-state index contributed by atoms with van der Waals surface area (Å²) in [6.45, 7) is 0.000787. The van der Waals surface area contributed by atoms with Gasteiger partial charge < -0.3 is 5.11 Å². The molecule has 2 aromatic rings. The van der Waals surface area contributed by atoms with E-state index in [0.29, 0.717) is 4.88 Å². The molecule has 0 aliphatic heterocycles. The van der Waals surface area contributed by atoms with Gasteiger partial charge in [0.25, 0.3) is 0 Å². The summed E-state index contributed by atoms with van der Waals surface area (Å²) in [6, 6.07) is 3.49. The van der Waals surface area contributed by atoms with E-state index >= 15 is 0 Å². The fourth-order valence-corrected chi connectivity index (χ4v) is 1.79. The molecule has 7 heteroatoms. The van der Waals surface area contributed by atoms with Crippen molar-refractivity contribution in [1.82, 2.24) is 15.0 Å². The Balaban J connectivity index is 2.09. The second-order valence-corrected chi connectivity index (χ2v) is 3.95. The van der Waals surface area contributed by atoms with Crippen molar-refractivity contribution < 1.29 is 14.7 Å².